The van der Waals surface area contributed by atoms with Gasteiger partial charge in [-0.05, 0) is 54.1 Å². The van der Waals surface area contributed by atoms with Crippen LogP contribution in [0.3, 0.4) is 0 Å². The number of piperidine rings is 1. The van der Waals surface area contributed by atoms with Crippen LogP contribution in [0.2, 0.25) is 5.02 Å². The summed E-state index contributed by atoms with van der Waals surface area (Å²) >= 11 is 5.96. The highest BCUT2D eigenvalue weighted by Gasteiger charge is 2.22. The molecule has 0 aliphatic carbocycles. The number of pyridine rings is 1. The van der Waals surface area contributed by atoms with Crippen molar-refractivity contribution in [3.63, 3.8) is 0 Å². The van der Waals surface area contributed by atoms with Gasteiger partial charge in [0.15, 0.2) is 11.5 Å². The quantitative estimate of drug-likeness (QED) is 0.698. The van der Waals surface area contributed by atoms with Crippen LogP contribution in [0.5, 0.6) is 11.5 Å². The van der Waals surface area contributed by atoms with Gasteiger partial charge in [-0.3, -0.25) is 9.69 Å². The average molecular weight is 399 g/mol. The molecule has 0 unspecified atom stereocenters. The molecular weight excluding hydrogens is 376 g/mol. The second-order valence-electron chi connectivity index (χ2n) is 7.12. The van der Waals surface area contributed by atoms with Crippen molar-refractivity contribution in [1.29, 1.82) is 0 Å². The van der Waals surface area contributed by atoms with Crippen molar-refractivity contribution in [2.45, 2.75) is 25.5 Å². The summed E-state index contributed by atoms with van der Waals surface area (Å²) < 4.78 is 11.7. The molecule has 0 bridgehead atoms. The largest absolute Gasteiger partial charge is 0.493 e. The molecule has 1 aromatic heterocycles. The Hall–Kier alpha value is -2.50. The Kier molecular flexibility index (Phi) is 5.55. The van der Waals surface area contributed by atoms with Crippen LogP contribution in [0.25, 0.3) is 10.8 Å². The molecule has 3 aromatic rings. The minimum atomic E-state index is -0.127. The first kappa shape index (κ1) is 18.8. The van der Waals surface area contributed by atoms with Gasteiger partial charge in [-0.15, -0.1) is 0 Å². The minimum absolute atomic E-state index is 0.127. The fourth-order valence-electron chi connectivity index (χ4n) is 3.66. The summed E-state index contributed by atoms with van der Waals surface area (Å²) in [5.41, 5.74) is 1.14. The lowest BCUT2D eigenvalue weighted by Gasteiger charge is -2.32. The summed E-state index contributed by atoms with van der Waals surface area (Å²) in [6.07, 6.45) is 3.68. The first-order chi connectivity index (χ1) is 13.6. The van der Waals surface area contributed by atoms with E-state index in [1.807, 2.05) is 24.3 Å². The van der Waals surface area contributed by atoms with E-state index in [1.165, 1.54) is 5.56 Å². The highest BCUT2D eigenvalue weighted by molar-refractivity contribution is 6.30. The fourth-order valence-corrected chi connectivity index (χ4v) is 3.79. The molecule has 1 aliphatic heterocycles. The first-order valence-corrected chi connectivity index (χ1v) is 9.83. The van der Waals surface area contributed by atoms with Gasteiger partial charge in [0, 0.05) is 30.9 Å². The van der Waals surface area contributed by atoms with Gasteiger partial charge in [0.2, 0.25) is 0 Å². The van der Waals surface area contributed by atoms with Gasteiger partial charge in [0.25, 0.3) is 5.56 Å². The van der Waals surface area contributed by atoms with Crippen LogP contribution in [0.1, 0.15) is 18.4 Å². The summed E-state index contributed by atoms with van der Waals surface area (Å²) in [5, 5.41) is 2.21. The maximum atomic E-state index is 12.0. The average Bonchev–Trinajstić information content (AvgIpc) is 2.71. The normalized spacial score (nSPS) is 15.6. The van der Waals surface area contributed by atoms with Crippen molar-refractivity contribution in [3.05, 3.63) is 69.6 Å². The number of hydrogen-bond donors (Lipinski definition) is 1. The lowest BCUT2D eigenvalue weighted by molar-refractivity contribution is 0.0945. The maximum Gasteiger partial charge on any atom is 0.255 e. The maximum absolute atomic E-state index is 12.0. The first-order valence-electron chi connectivity index (χ1n) is 9.45. The van der Waals surface area contributed by atoms with Crippen molar-refractivity contribution in [2.24, 2.45) is 0 Å². The van der Waals surface area contributed by atoms with E-state index in [1.54, 1.807) is 19.4 Å². The number of aromatic amines is 1. The van der Waals surface area contributed by atoms with Crippen molar-refractivity contribution in [1.82, 2.24) is 9.88 Å². The van der Waals surface area contributed by atoms with Crippen LogP contribution in [0.4, 0.5) is 0 Å². The second-order valence-corrected chi connectivity index (χ2v) is 7.55. The van der Waals surface area contributed by atoms with Crippen molar-refractivity contribution in [3.8, 4) is 11.5 Å². The molecule has 5 nitrogen and oxygen atoms in total. The number of methoxy groups -OCH3 is 1. The third kappa shape index (κ3) is 4.16. The molecule has 28 heavy (non-hydrogen) atoms. The molecule has 1 N–H and O–H groups in total. The van der Waals surface area contributed by atoms with E-state index in [2.05, 4.69) is 22.0 Å². The van der Waals surface area contributed by atoms with E-state index in [0.717, 1.165) is 42.9 Å². The third-order valence-electron chi connectivity index (χ3n) is 5.21. The van der Waals surface area contributed by atoms with Gasteiger partial charge in [-0.2, -0.15) is 0 Å². The number of nitrogens with zero attached hydrogens (tertiary/aromatic N) is 1. The molecule has 6 heteroatoms. The molecular formula is C22H23ClN2O3. The molecule has 1 saturated heterocycles. The van der Waals surface area contributed by atoms with Gasteiger partial charge in [0.1, 0.15) is 6.10 Å². The summed E-state index contributed by atoms with van der Waals surface area (Å²) in [6, 6.07) is 13.5. The zero-order valence-electron chi connectivity index (χ0n) is 15.8. The zero-order valence-corrected chi connectivity index (χ0v) is 16.5. The number of fused-ring (bicyclic) bond motifs is 1. The van der Waals surface area contributed by atoms with Gasteiger partial charge in [-0.1, -0.05) is 23.7 Å². The van der Waals surface area contributed by atoms with Crippen molar-refractivity contribution < 1.29 is 9.47 Å². The van der Waals surface area contributed by atoms with E-state index in [9.17, 15) is 4.79 Å². The second kappa shape index (κ2) is 8.25. The van der Waals surface area contributed by atoms with E-state index in [0.29, 0.717) is 16.9 Å². The predicted octanol–water partition coefficient (Wildman–Crippen LogP) is 4.23. The van der Waals surface area contributed by atoms with Crippen molar-refractivity contribution in [2.75, 3.05) is 20.2 Å². The Labute approximate surface area is 168 Å². The fraction of sp³-hybridized carbons (Fsp3) is 0.318. The lowest BCUT2D eigenvalue weighted by Crippen LogP contribution is -2.37. The molecule has 146 valence electrons. The summed E-state index contributed by atoms with van der Waals surface area (Å²) in [6.45, 7) is 2.87. The Morgan fingerprint density at radius 2 is 1.86 bits per heavy atom. The molecule has 0 amide bonds. The number of nitrogens with one attached hydrogen (secondary N) is 1. The van der Waals surface area contributed by atoms with Crippen LogP contribution in [0, 0.1) is 0 Å². The topological polar surface area (TPSA) is 54.6 Å². The number of benzene rings is 2. The summed E-state index contributed by atoms with van der Waals surface area (Å²) in [5.74, 6) is 1.28. The molecule has 0 atom stereocenters. The highest BCUT2D eigenvalue weighted by Crippen LogP contribution is 2.33. The van der Waals surface area contributed by atoms with Crippen molar-refractivity contribution >= 4 is 22.4 Å². The summed E-state index contributed by atoms with van der Waals surface area (Å²) in [4.78, 5) is 17.1. The van der Waals surface area contributed by atoms with Gasteiger partial charge >= 0.3 is 0 Å². The predicted molar refractivity (Wildman–Crippen MR) is 111 cm³/mol. The standard InChI is InChI=1S/C22H23ClN2O3/c1-27-20-13-19-16(6-9-24-22(19)26)12-21(20)28-18-7-10-25(11-8-18)14-15-2-4-17(23)5-3-15/h2-6,9,12-13,18H,7-8,10-11,14H2,1H3,(H,24,26). The highest BCUT2D eigenvalue weighted by atomic mass is 35.5. The minimum Gasteiger partial charge on any atom is -0.493 e. The van der Waals surface area contributed by atoms with Gasteiger partial charge in [-0.25, -0.2) is 0 Å². The molecule has 4 rings (SSSR count). The molecule has 1 fully saturated rings. The molecule has 1 aliphatic rings. The molecule has 0 radical (unpaired) electrons. The van der Waals surface area contributed by atoms with E-state index >= 15 is 0 Å². The van der Waals surface area contributed by atoms with Gasteiger partial charge < -0.3 is 14.5 Å². The number of ether oxygens (including phenoxy) is 2. The van der Waals surface area contributed by atoms with Crippen LogP contribution in [-0.4, -0.2) is 36.2 Å². The Bertz CT molecular complexity index is 1010. The number of hydrogen-bond acceptors (Lipinski definition) is 4. The number of likely N-dealkylation sites (tertiary alicyclic amines) is 1. The van der Waals surface area contributed by atoms with E-state index < -0.39 is 0 Å². The Morgan fingerprint density at radius 1 is 1.11 bits per heavy atom. The summed E-state index contributed by atoms with van der Waals surface area (Å²) in [7, 11) is 1.60. The van der Waals surface area contributed by atoms with Crippen LogP contribution in [-0.2, 0) is 6.54 Å². The molecule has 0 spiro atoms. The Balaban J connectivity index is 1.42. The van der Waals surface area contributed by atoms with Crippen LogP contribution >= 0.6 is 11.6 Å². The number of aromatic nitrogens is 1. The van der Waals surface area contributed by atoms with Crippen LogP contribution in [0.15, 0.2) is 53.5 Å². The lowest BCUT2D eigenvalue weighted by atomic mass is 10.1. The molecule has 2 aromatic carbocycles. The molecule has 0 saturated carbocycles. The number of rotatable bonds is 5. The monoisotopic (exact) mass is 398 g/mol. The smallest absolute Gasteiger partial charge is 0.255 e. The molecule has 2 heterocycles. The van der Waals surface area contributed by atoms with E-state index in [4.69, 9.17) is 21.1 Å². The van der Waals surface area contributed by atoms with Crippen LogP contribution < -0.4 is 15.0 Å². The Morgan fingerprint density at radius 3 is 2.57 bits per heavy atom. The number of halogens is 1. The van der Waals surface area contributed by atoms with Gasteiger partial charge in [0.05, 0.1) is 12.5 Å². The SMILES string of the molecule is COc1cc2c(=O)[nH]ccc2cc1OC1CCN(Cc2ccc(Cl)cc2)CC1. The number of H-pyrrole nitrogens is 1. The third-order valence-corrected chi connectivity index (χ3v) is 5.46. The van der Waals surface area contributed by atoms with E-state index in [-0.39, 0.29) is 11.7 Å². The zero-order chi connectivity index (χ0) is 19.5.